The van der Waals surface area contributed by atoms with Gasteiger partial charge in [0.05, 0.1) is 37.3 Å². The van der Waals surface area contributed by atoms with Gasteiger partial charge in [-0.1, -0.05) is 0 Å². The molecule has 1 unspecified atom stereocenters. The van der Waals surface area contributed by atoms with E-state index in [4.69, 9.17) is 5.73 Å². The number of imidazole rings is 1. The molecule has 4 rings (SSSR count). The second-order valence-corrected chi connectivity index (χ2v) is 8.98. The van der Waals surface area contributed by atoms with Gasteiger partial charge in [0, 0.05) is 25.7 Å². The van der Waals surface area contributed by atoms with E-state index in [1.807, 2.05) is 0 Å². The van der Waals surface area contributed by atoms with Crippen molar-refractivity contribution in [3.63, 3.8) is 0 Å². The Hall–Kier alpha value is -2.76. The van der Waals surface area contributed by atoms with Gasteiger partial charge in [-0.2, -0.15) is 5.10 Å². The van der Waals surface area contributed by atoms with E-state index in [2.05, 4.69) is 20.1 Å². The maximum atomic E-state index is 14.1. The number of alkyl halides is 4. The van der Waals surface area contributed by atoms with Crippen LogP contribution in [0.3, 0.4) is 0 Å². The first-order chi connectivity index (χ1) is 15.4. The standard InChI is InChI=1S/C21H25F4N5O3/c1-33-18(32)19(10-21(24,25)11-27-17(19)31)8-13-2-3-15-28-14(9-30(15)29-13)16(26)12-4-6-20(22,23)7-5-12/h2-3,9,12,16H,4-8,10-11,26H2,1H3,(H,27,31)/t16-,19?/m0/s1. The number of ether oxygens (including phenoxy) is 1. The summed E-state index contributed by atoms with van der Waals surface area (Å²) in [5.41, 5.74) is 5.26. The number of hydrogen-bond acceptors (Lipinski definition) is 6. The quantitative estimate of drug-likeness (QED) is 0.394. The summed E-state index contributed by atoms with van der Waals surface area (Å²) in [7, 11) is 1.03. The highest BCUT2D eigenvalue weighted by Gasteiger charge is 2.57. The van der Waals surface area contributed by atoms with Gasteiger partial charge in [-0.05, 0) is 30.9 Å². The number of halogens is 4. The van der Waals surface area contributed by atoms with Crippen LogP contribution in [-0.4, -0.2) is 52.0 Å². The molecule has 2 aromatic heterocycles. The van der Waals surface area contributed by atoms with Crippen molar-refractivity contribution in [1.82, 2.24) is 19.9 Å². The zero-order valence-corrected chi connectivity index (χ0v) is 18.0. The third-order valence-corrected chi connectivity index (χ3v) is 6.57. The number of aromatic nitrogens is 3. The molecule has 1 saturated carbocycles. The second kappa shape index (κ2) is 8.23. The Labute approximate surface area is 186 Å². The molecule has 2 aromatic rings. The molecule has 0 radical (unpaired) electrons. The molecular weight excluding hydrogens is 446 g/mol. The average molecular weight is 471 g/mol. The van der Waals surface area contributed by atoms with Gasteiger partial charge in [0.1, 0.15) is 0 Å². The summed E-state index contributed by atoms with van der Waals surface area (Å²) in [6.07, 6.45) is 0.291. The minimum atomic E-state index is -3.28. The van der Waals surface area contributed by atoms with Crippen LogP contribution in [0.4, 0.5) is 17.6 Å². The summed E-state index contributed by atoms with van der Waals surface area (Å²) in [4.78, 5) is 29.4. The number of amides is 1. The number of methoxy groups -OCH3 is 1. The Morgan fingerprint density at radius 3 is 2.64 bits per heavy atom. The van der Waals surface area contributed by atoms with Gasteiger partial charge in [0.15, 0.2) is 11.1 Å². The zero-order valence-electron chi connectivity index (χ0n) is 18.0. The SMILES string of the molecule is COC(=O)C1(Cc2ccc3nc([C@@H](N)C4CCC(F)(F)CC4)cn3n2)CC(F)(F)CNC1=O. The molecule has 0 aromatic carbocycles. The molecule has 3 heterocycles. The van der Waals surface area contributed by atoms with Crippen molar-refractivity contribution in [2.45, 2.75) is 56.4 Å². The predicted octanol–water partition coefficient (Wildman–Crippen LogP) is 2.41. The Balaban J connectivity index is 1.59. The molecule has 12 heteroatoms. The van der Waals surface area contributed by atoms with Crippen molar-refractivity contribution < 1.29 is 31.9 Å². The number of hydrogen-bond donors (Lipinski definition) is 2. The number of carbonyl (C=O) groups excluding carboxylic acids is 2. The van der Waals surface area contributed by atoms with Crippen LogP contribution >= 0.6 is 0 Å². The molecule has 2 atom stereocenters. The number of carbonyl (C=O) groups is 2. The lowest BCUT2D eigenvalue weighted by Gasteiger charge is -2.37. The van der Waals surface area contributed by atoms with Crippen molar-refractivity contribution in [3.05, 3.63) is 29.7 Å². The van der Waals surface area contributed by atoms with Crippen LogP contribution < -0.4 is 11.1 Å². The van der Waals surface area contributed by atoms with Crippen LogP contribution in [0.15, 0.2) is 18.3 Å². The van der Waals surface area contributed by atoms with Gasteiger partial charge in [-0.15, -0.1) is 0 Å². The molecule has 0 spiro atoms. The molecule has 2 aliphatic rings. The molecule has 3 N–H and O–H groups in total. The third-order valence-electron chi connectivity index (χ3n) is 6.57. The number of nitrogens with two attached hydrogens (primary N) is 1. The van der Waals surface area contributed by atoms with E-state index in [0.29, 0.717) is 11.3 Å². The third kappa shape index (κ3) is 4.53. The summed E-state index contributed by atoms with van der Waals surface area (Å²) < 4.78 is 61.2. The van der Waals surface area contributed by atoms with Gasteiger partial charge in [-0.3, -0.25) is 9.59 Å². The molecule has 2 fully saturated rings. The lowest BCUT2D eigenvalue weighted by molar-refractivity contribution is -0.172. The van der Waals surface area contributed by atoms with E-state index in [-0.39, 0.29) is 37.3 Å². The highest BCUT2D eigenvalue weighted by atomic mass is 19.3. The molecule has 0 bridgehead atoms. The van der Waals surface area contributed by atoms with Gasteiger partial charge >= 0.3 is 5.97 Å². The number of piperidine rings is 1. The van der Waals surface area contributed by atoms with Crippen LogP contribution in [0, 0.1) is 11.3 Å². The number of nitrogens with zero attached hydrogens (tertiary/aromatic N) is 3. The Kier molecular flexibility index (Phi) is 5.83. The number of fused-ring (bicyclic) bond motifs is 1. The van der Waals surface area contributed by atoms with Crippen molar-refractivity contribution >= 4 is 17.5 Å². The van der Waals surface area contributed by atoms with Crippen molar-refractivity contribution in [3.8, 4) is 0 Å². The van der Waals surface area contributed by atoms with Gasteiger partial charge in [0.25, 0.3) is 5.92 Å². The summed E-state index contributed by atoms with van der Waals surface area (Å²) >= 11 is 0. The Morgan fingerprint density at radius 1 is 1.27 bits per heavy atom. The molecular formula is C21H25F4N5O3. The maximum Gasteiger partial charge on any atom is 0.322 e. The first kappa shape index (κ1) is 23.4. The Bertz CT molecular complexity index is 1060. The zero-order chi connectivity index (χ0) is 24.0. The van der Waals surface area contributed by atoms with E-state index in [9.17, 15) is 27.2 Å². The fourth-order valence-corrected chi connectivity index (χ4v) is 4.71. The highest BCUT2D eigenvalue weighted by Crippen LogP contribution is 2.41. The van der Waals surface area contributed by atoms with Gasteiger partial charge < -0.3 is 15.8 Å². The number of esters is 1. The largest absolute Gasteiger partial charge is 0.468 e. The van der Waals surface area contributed by atoms with E-state index < -0.39 is 54.6 Å². The molecule has 180 valence electrons. The first-order valence-corrected chi connectivity index (χ1v) is 10.7. The molecule has 33 heavy (non-hydrogen) atoms. The van der Waals surface area contributed by atoms with Crippen LogP contribution in [-0.2, 0) is 20.7 Å². The fraction of sp³-hybridized carbons (Fsp3) is 0.619. The lowest BCUT2D eigenvalue weighted by atomic mass is 9.74. The Morgan fingerprint density at radius 2 is 1.97 bits per heavy atom. The van der Waals surface area contributed by atoms with E-state index in [1.165, 1.54) is 10.6 Å². The van der Waals surface area contributed by atoms with Crippen molar-refractivity contribution in [1.29, 1.82) is 0 Å². The van der Waals surface area contributed by atoms with E-state index in [1.54, 1.807) is 12.3 Å². The average Bonchev–Trinajstić information content (AvgIpc) is 3.18. The monoisotopic (exact) mass is 471 g/mol. The molecule has 1 saturated heterocycles. The first-order valence-electron chi connectivity index (χ1n) is 10.7. The summed E-state index contributed by atoms with van der Waals surface area (Å²) in [5, 5.41) is 6.42. The molecule has 1 amide bonds. The molecule has 8 nitrogen and oxygen atoms in total. The topological polar surface area (TPSA) is 112 Å². The smallest absolute Gasteiger partial charge is 0.322 e. The van der Waals surface area contributed by atoms with Crippen molar-refractivity contribution in [2.75, 3.05) is 13.7 Å². The van der Waals surface area contributed by atoms with Crippen LogP contribution in [0.1, 0.15) is 49.5 Å². The number of rotatable bonds is 5. The van der Waals surface area contributed by atoms with Crippen LogP contribution in [0.25, 0.3) is 5.65 Å². The van der Waals surface area contributed by atoms with E-state index in [0.717, 1.165) is 7.11 Å². The fourth-order valence-electron chi connectivity index (χ4n) is 4.71. The molecule has 1 aliphatic heterocycles. The van der Waals surface area contributed by atoms with Gasteiger partial charge in [0.2, 0.25) is 11.8 Å². The second-order valence-electron chi connectivity index (χ2n) is 8.98. The minimum absolute atomic E-state index is 0.148. The number of nitrogens with one attached hydrogen (secondary N) is 1. The molecule has 1 aliphatic carbocycles. The van der Waals surface area contributed by atoms with Crippen LogP contribution in [0.5, 0.6) is 0 Å². The summed E-state index contributed by atoms with van der Waals surface area (Å²) in [5.74, 6) is -8.00. The lowest BCUT2D eigenvalue weighted by Crippen LogP contribution is -2.59. The summed E-state index contributed by atoms with van der Waals surface area (Å²) in [6.45, 7) is -0.854. The van der Waals surface area contributed by atoms with Gasteiger partial charge in [-0.25, -0.2) is 27.1 Å². The predicted molar refractivity (Wildman–Crippen MR) is 108 cm³/mol. The van der Waals surface area contributed by atoms with E-state index >= 15 is 0 Å². The maximum absolute atomic E-state index is 14.1. The van der Waals surface area contributed by atoms with Crippen molar-refractivity contribution in [2.24, 2.45) is 17.1 Å². The highest BCUT2D eigenvalue weighted by molar-refractivity contribution is 6.03. The minimum Gasteiger partial charge on any atom is -0.468 e. The summed E-state index contributed by atoms with van der Waals surface area (Å²) in [6, 6.07) is 2.50. The normalized spacial score (nSPS) is 26.1. The van der Waals surface area contributed by atoms with Crippen LogP contribution in [0.2, 0.25) is 0 Å².